The van der Waals surface area contributed by atoms with E-state index in [2.05, 4.69) is 5.32 Å². The second kappa shape index (κ2) is 8.05. The highest BCUT2D eigenvalue weighted by molar-refractivity contribution is 7.98. The fourth-order valence-electron chi connectivity index (χ4n) is 2.94. The smallest absolute Gasteiger partial charge is 0.262 e. The van der Waals surface area contributed by atoms with E-state index in [1.165, 1.54) is 23.9 Å². The van der Waals surface area contributed by atoms with Gasteiger partial charge in [-0.3, -0.25) is 19.3 Å². The van der Waals surface area contributed by atoms with Crippen molar-refractivity contribution < 1.29 is 27.6 Å². The van der Waals surface area contributed by atoms with E-state index in [1.807, 2.05) is 0 Å². The lowest BCUT2D eigenvalue weighted by Crippen LogP contribution is -2.47. The van der Waals surface area contributed by atoms with E-state index in [4.69, 9.17) is 0 Å². The van der Waals surface area contributed by atoms with Gasteiger partial charge in [-0.2, -0.15) is 11.8 Å². The van der Waals surface area contributed by atoms with Gasteiger partial charge >= 0.3 is 0 Å². The summed E-state index contributed by atoms with van der Waals surface area (Å²) in [4.78, 5) is 38.9. The maximum atomic E-state index is 13.9. The molecule has 5 nitrogen and oxygen atoms in total. The summed E-state index contributed by atoms with van der Waals surface area (Å²) < 4.78 is 40.4. The molecular weight excluding hydrogens is 393 g/mol. The Morgan fingerprint density at radius 1 is 1.04 bits per heavy atom. The lowest BCUT2D eigenvalue weighted by atomic mass is 10.1. The molecular formula is C19H15F3N2O3S. The zero-order chi connectivity index (χ0) is 20.4. The van der Waals surface area contributed by atoms with E-state index in [1.54, 1.807) is 18.4 Å². The van der Waals surface area contributed by atoms with Gasteiger partial charge in [-0.1, -0.05) is 12.1 Å². The number of rotatable bonds is 6. The Bertz CT molecular complexity index is 932. The van der Waals surface area contributed by atoms with Crippen LogP contribution in [0.4, 0.5) is 18.9 Å². The van der Waals surface area contributed by atoms with Crippen LogP contribution in [-0.4, -0.2) is 40.7 Å². The van der Waals surface area contributed by atoms with Crippen molar-refractivity contribution >= 4 is 35.2 Å². The fourth-order valence-corrected chi connectivity index (χ4v) is 3.40. The van der Waals surface area contributed by atoms with Crippen molar-refractivity contribution in [1.82, 2.24) is 4.90 Å². The highest BCUT2D eigenvalue weighted by Crippen LogP contribution is 2.27. The summed E-state index contributed by atoms with van der Waals surface area (Å²) in [6.07, 6.45) is 1.90. The van der Waals surface area contributed by atoms with Gasteiger partial charge in [-0.25, -0.2) is 13.2 Å². The number of imide groups is 1. The van der Waals surface area contributed by atoms with Crippen molar-refractivity contribution in [2.24, 2.45) is 0 Å². The molecule has 146 valence electrons. The summed E-state index contributed by atoms with van der Waals surface area (Å²) in [6.45, 7) is 0. The van der Waals surface area contributed by atoms with E-state index in [0.717, 1.165) is 11.0 Å². The number of nitrogens with one attached hydrogen (secondary N) is 1. The standard InChI is InChI=1S/C19H15F3N2O3S/c1-28-9-8-14(17(25)23-13-7-6-12(20)15(21)16(13)22)24-18(26)10-4-2-3-5-11(10)19(24)27/h2-7,14H,8-9H2,1H3,(H,23,25). The van der Waals surface area contributed by atoms with Crippen LogP contribution in [0.1, 0.15) is 27.1 Å². The predicted octanol–water partition coefficient (Wildman–Crippen LogP) is 3.46. The fraction of sp³-hybridized carbons (Fsp3) is 0.211. The lowest BCUT2D eigenvalue weighted by Gasteiger charge is -2.25. The molecule has 1 aliphatic rings. The molecule has 0 saturated carbocycles. The van der Waals surface area contributed by atoms with Gasteiger partial charge in [0.15, 0.2) is 17.5 Å². The second-order valence-corrected chi connectivity index (χ2v) is 7.02. The van der Waals surface area contributed by atoms with Gasteiger partial charge in [-0.15, -0.1) is 0 Å². The van der Waals surface area contributed by atoms with E-state index in [-0.39, 0.29) is 17.5 Å². The number of benzene rings is 2. The third kappa shape index (κ3) is 3.49. The molecule has 28 heavy (non-hydrogen) atoms. The number of amides is 3. The van der Waals surface area contributed by atoms with Crippen LogP contribution in [0.3, 0.4) is 0 Å². The van der Waals surface area contributed by atoms with Crippen LogP contribution in [0.15, 0.2) is 36.4 Å². The Hall–Kier alpha value is -2.81. The van der Waals surface area contributed by atoms with Crippen LogP contribution >= 0.6 is 11.8 Å². The number of fused-ring (bicyclic) bond motifs is 1. The van der Waals surface area contributed by atoms with Crippen molar-refractivity contribution in [3.63, 3.8) is 0 Å². The molecule has 1 aliphatic heterocycles. The number of thioether (sulfide) groups is 1. The normalized spacial score (nSPS) is 14.2. The summed E-state index contributed by atoms with van der Waals surface area (Å²) in [7, 11) is 0. The number of halogens is 3. The summed E-state index contributed by atoms with van der Waals surface area (Å²) in [5, 5.41) is 2.16. The molecule has 2 aromatic rings. The average molecular weight is 408 g/mol. The number of carbonyl (C=O) groups excluding carboxylic acids is 3. The van der Waals surface area contributed by atoms with Gasteiger partial charge in [0.1, 0.15) is 6.04 Å². The SMILES string of the molecule is CSCCC(C(=O)Nc1ccc(F)c(F)c1F)N1C(=O)c2ccccc2C1=O. The van der Waals surface area contributed by atoms with Crippen molar-refractivity contribution in [3.8, 4) is 0 Å². The molecule has 0 fully saturated rings. The maximum absolute atomic E-state index is 13.9. The number of carbonyl (C=O) groups is 3. The van der Waals surface area contributed by atoms with Gasteiger partial charge in [0.2, 0.25) is 5.91 Å². The number of nitrogens with zero attached hydrogens (tertiary/aromatic N) is 1. The molecule has 3 rings (SSSR count). The van der Waals surface area contributed by atoms with Crippen LogP contribution < -0.4 is 5.32 Å². The molecule has 1 atom stereocenters. The lowest BCUT2D eigenvalue weighted by molar-refractivity contribution is -0.120. The molecule has 2 aromatic carbocycles. The Morgan fingerprint density at radius 2 is 1.64 bits per heavy atom. The first-order valence-corrected chi connectivity index (χ1v) is 9.66. The highest BCUT2D eigenvalue weighted by Gasteiger charge is 2.42. The number of hydrogen-bond donors (Lipinski definition) is 1. The first-order valence-electron chi connectivity index (χ1n) is 8.27. The Balaban J connectivity index is 1.91. The Labute approximate surface area is 162 Å². The van der Waals surface area contributed by atoms with Crippen molar-refractivity contribution in [2.75, 3.05) is 17.3 Å². The van der Waals surface area contributed by atoms with Crippen LogP contribution in [0.25, 0.3) is 0 Å². The molecule has 0 aliphatic carbocycles. The van der Waals surface area contributed by atoms with E-state index in [9.17, 15) is 27.6 Å². The van der Waals surface area contributed by atoms with Crippen molar-refractivity contribution in [2.45, 2.75) is 12.5 Å². The predicted molar refractivity (Wildman–Crippen MR) is 98.7 cm³/mol. The maximum Gasteiger partial charge on any atom is 0.262 e. The van der Waals surface area contributed by atoms with Gasteiger partial charge in [0.25, 0.3) is 11.8 Å². The summed E-state index contributed by atoms with van der Waals surface area (Å²) in [5.41, 5.74) is -0.225. The number of anilines is 1. The van der Waals surface area contributed by atoms with E-state index >= 15 is 0 Å². The van der Waals surface area contributed by atoms with E-state index in [0.29, 0.717) is 11.8 Å². The molecule has 0 spiro atoms. The molecule has 1 N–H and O–H groups in total. The molecule has 0 radical (unpaired) electrons. The van der Waals surface area contributed by atoms with Crippen LogP contribution in [0, 0.1) is 17.5 Å². The largest absolute Gasteiger partial charge is 0.322 e. The van der Waals surface area contributed by atoms with E-state index < -0.39 is 46.9 Å². The van der Waals surface area contributed by atoms with Gasteiger partial charge < -0.3 is 5.32 Å². The van der Waals surface area contributed by atoms with Gasteiger partial charge in [0, 0.05) is 0 Å². The third-order valence-electron chi connectivity index (χ3n) is 4.33. The third-order valence-corrected chi connectivity index (χ3v) is 4.97. The van der Waals surface area contributed by atoms with Crippen LogP contribution in [0.5, 0.6) is 0 Å². The first kappa shape index (κ1) is 19.9. The first-order chi connectivity index (χ1) is 13.4. The van der Waals surface area contributed by atoms with Gasteiger partial charge in [-0.05, 0) is 42.7 Å². The molecule has 1 unspecified atom stereocenters. The Kier molecular flexibility index (Phi) is 5.73. The monoisotopic (exact) mass is 408 g/mol. The summed E-state index contributed by atoms with van der Waals surface area (Å²) >= 11 is 1.39. The molecule has 0 bridgehead atoms. The minimum absolute atomic E-state index is 0.115. The zero-order valence-corrected chi connectivity index (χ0v) is 15.5. The summed E-state index contributed by atoms with van der Waals surface area (Å²) in [6, 6.07) is 6.48. The van der Waals surface area contributed by atoms with Crippen molar-refractivity contribution in [1.29, 1.82) is 0 Å². The second-order valence-electron chi connectivity index (χ2n) is 6.04. The minimum atomic E-state index is -1.72. The van der Waals surface area contributed by atoms with Crippen LogP contribution in [-0.2, 0) is 4.79 Å². The zero-order valence-electron chi connectivity index (χ0n) is 14.7. The average Bonchev–Trinajstić information content (AvgIpc) is 2.94. The molecule has 1 heterocycles. The Morgan fingerprint density at radius 3 is 2.21 bits per heavy atom. The molecule has 0 aromatic heterocycles. The highest BCUT2D eigenvalue weighted by atomic mass is 32.2. The molecule has 9 heteroatoms. The minimum Gasteiger partial charge on any atom is -0.322 e. The number of hydrogen-bond acceptors (Lipinski definition) is 4. The summed E-state index contributed by atoms with van der Waals surface area (Å²) in [5.74, 6) is -6.37. The van der Waals surface area contributed by atoms with Gasteiger partial charge in [0.05, 0.1) is 16.8 Å². The molecule has 0 saturated heterocycles. The van der Waals surface area contributed by atoms with Crippen molar-refractivity contribution in [3.05, 3.63) is 65.0 Å². The van der Waals surface area contributed by atoms with Crippen LogP contribution in [0.2, 0.25) is 0 Å². The molecule has 3 amide bonds. The topological polar surface area (TPSA) is 66.5 Å². The quantitative estimate of drug-likeness (QED) is 0.587.